The zero-order chi connectivity index (χ0) is 9.84. The summed E-state index contributed by atoms with van der Waals surface area (Å²) in [6, 6.07) is 4.52. The van der Waals surface area contributed by atoms with Gasteiger partial charge in [0.15, 0.2) is 0 Å². The van der Waals surface area contributed by atoms with Crippen molar-refractivity contribution in [3.05, 3.63) is 39.3 Å². The molecule has 0 saturated carbocycles. The second kappa shape index (κ2) is 3.59. The summed E-state index contributed by atoms with van der Waals surface area (Å²) in [5, 5.41) is 22.7. The Morgan fingerprint density at radius 2 is 1.85 bits per heavy atom. The second-order valence-corrected chi connectivity index (χ2v) is 2.13. The molecule has 0 bridgehead atoms. The molecule has 0 aliphatic carbocycles. The Hall–Kier alpha value is -2.02. The molecule has 0 unspecified atom stereocenters. The molecule has 0 aliphatic heterocycles. The van der Waals surface area contributed by atoms with Gasteiger partial charge in [-0.05, 0) is 12.1 Å². The number of nitroso groups, excluding NO2 is 1. The topological polar surface area (TPSA) is 95.7 Å². The lowest BCUT2D eigenvalue weighted by Crippen LogP contribution is -2.05. The molecule has 1 radical (unpaired) electrons. The number of non-ortho nitro benzene ring substituents is 1. The van der Waals surface area contributed by atoms with E-state index in [0.29, 0.717) is 0 Å². The van der Waals surface area contributed by atoms with Crippen molar-refractivity contribution in [2.24, 2.45) is 5.29 Å². The number of hydrogen-bond acceptors (Lipinski definition) is 4. The normalized spacial score (nSPS) is 9.31. The molecule has 1 aromatic rings. The van der Waals surface area contributed by atoms with E-state index >= 15 is 0 Å². The van der Waals surface area contributed by atoms with E-state index in [4.69, 9.17) is 0 Å². The second-order valence-electron chi connectivity index (χ2n) is 2.13. The minimum atomic E-state index is -0.604. The van der Waals surface area contributed by atoms with Gasteiger partial charge in [0, 0.05) is 12.1 Å². The zero-order valence-electron chi connectivity index (χ0n) is 6.28. The molecule has 67 valence electrons. The maximum atomic E-state index is 10.6. The van der Waals surface area contributed by atoms with Crippen LogP contribution in [0.3, 0.4) is 0 Å². The van der Waals surface area contributed by atoms with Gasteiger partial charge in [-0.1, -0.05) is 10.4 Å². The highest BCUT2D eigenvalue weighted by molar-refractivity contribution is 5.47. The molecule has 0 fully saturated rings. The molecule has 1 aromatic carbocycles. The molecule has 1 rings (SSSR count). The summed E-state index contributed by atoms with van der Waals surface area (Å²) in [6.07, 6.45) is 0. The van der Waals surface area contributed by atoms with E-state index < -0.39 is 4.92 Å². The molecule has 0 aliphatic rings. The molecule has 0 amide bonds. The number of hydrogen-bond donors (Lipinski definition) is 0. The summed E-state index contributed by atoms with van der Waals surface area (Å²) in [4.78, 5) is 19.3. The average Bonchev–Trinajstić information content (AvgIpc) is 2.17. The van der Waals surface area contributed by atoms with Crippen LogP contribution < -0.4 is 5.17 Å². The van der Waals surface area contributed by atoms with Crippen LogP contribution in [-0.2, 0) is 5.21 Å². The number of nitrogens with zero attached hydrogens (tertiary/aromatic N) is 3. The van der Waals surface area contributed by atoms with Crippen LogP contribution in [-0.4, -0.2) is 4.92 Å². The molecule has 0 aromatic heterocycles. The minimum Gasteiger partial charge on any atom is -0.258 e. The summed E-state index contributed by atoms with van der Waals surface area (Å²) in [7, 11) is 0. The maximum absolute atomic E-state index is 10.6. The molecule has 7 nitrogen and oxygen atoms in total. The number of nitro groups is 1. The van der Waals surface area contributed by atoms with Crippen molar-refractivity contribution in [2.45, 2.75) is 0 Å². The van der Waals surface area contributed by atoms with Crippen molar-refractivity contribution in [2.75, 3.05) is 5.17 Å². The third-order valence-corrected chi connectivity index (χ3v) is 1.36. The van der Waals surface area contributed by atoms with Gasteiger partial charge in [-0.15, -0.1) is 4.91 Å². The molecular formula is C6H4N3O4. The summed E-state index contributed by atoms with van der Waals surface area (Å²) in [6.45, 7) is 0. The number of nitro benzene ring substituents is 1. The Morgan fingerprint density at radius 1 is 1.31 bits per heavy atom. The lowest BCUT2D eigenvalue weighted by atomic mass is 10.3. The van der Waals surface area contributed by atoms with Crippen molar-refractivity contribution in [1.82, 2.24) is 0 Å². The quantitative estimate of drug-likeness (QED) is 0.401. The maximum Gasteiger partial charge on any atom is 0.269 e. The van der Waals surface area contributed by atoms with Gasteiger partial charge in [-0.25, -0.2) is 0 Å². The fourth-order valence-electron chi connectivity index (χ4n) is 0.749. The van der Waals surface area contributed by atoms with Crippen molar-refractivity contribution in [3.63, 3.8) is 0 Å². The van der Waals surface area contributed by atoms with E-state index in [0.717, 1.165) is 24.3 Å². The molecule has 0 N–H and O–H groups in total. The Morgan fingerprint density at radius 3 is 2.23 bits per heavy atom. The highest BCUT2D eigenvalue weighted by atomic mass is 16.6. The molecule has 13 heavy (non-hydrogen) atoms. The van der Waals surface area contributed by atoms with Crippen molar-refractivity contribution >= 4 is 11.4 Å². The van der Waals surface area contributed by atoms with Gasteiger partial charge >= 0.3 is 0 Å². The van der Waals surface area contributed by atoms with Crippen molar-refractivity contribution in [1.29, 1.82) is 0 Å². The van der Waals surface area contributed by atoms with E-state index in [1.54, 1.807) is 0 Å². The highest BCUT2D eigenvalue weighted by Gasteiger charge is 2.08. The fraction of sp³-hybridized carbons (Fsp3) is 0. The Bertz CT molecular complexity index is 323. The average molecular weight is 182 g/mol. The SMILES string of the molecule is [O]N(N=O)c1ccc([N+](=O)[O-])cc1. The van der Waals surface area contributed by atoms with Gasteiger partial charge in [0.25, 0.3) is 5.69 Å². The van der Waals surface area contributed by atoms with Gasteiger partial charge in [-0.2, -0.15) is 0 Å². The molecule has 7 heteroatoms. The van der Waals surface area contributed by atoms with E-state index in [1.165, 1.54) is 0 Å². The first-order chi connectivity index (χ1) is 6.15. The van der Waals surface area contributed by atoms with Gasteiger partial charge in [0.05, 0.1) is 15.9 Å². The van der Waals surface area contributed by atoms with Gasteiger partial charge in [-0.3, -0.25) is 10.1 Å². The van der Waals surface area contributed by atoms with Gasteiger partial charge in [0.2, 0.25) is 0 Å². The zero-order valence-corrected chi connectivity index (χ0v) is 6.28. The Balaban J connectivity index is 2.93. The predicted octanol–water partition coefficient (Wildman–Crippen LogP) is 1.43. The number of benzene rings is 1. The fourth-order valence-corrected chi connectivity index (χ4v) is 0.749. The first-order valence-corrected chi connectivity index (χ1v) is 3.20. The minimum absolute atomic E-state index is 0.0411. The monoisotopic (exact) mass is 182 g/mol. The molecule has 0 saturated heterocycles. The van der Waals surface area contributed by atoms with Crippen LogP contribution in [0.2, 0.25) is 0 Å². The highest BCUT2D eigenvalue weighted by Crippen LogP contribution is 2.18. The molecular weight excluding hydrogens is 178 g/mol. The summed E-state index contributed by atoms with van der Waals surface area (Å²) in [5.41, 5.74) is -0.191. The van der Waals surface area contributed by atoms with Crippen LogP contribution in [0, 0.1) is 15.0 Å². The summed E-state index contributed by atoms with van der Waals surface area (Å²) < 4.78 is 0. The van der Waals surface area contributed by atoms with Crippen LogP contribution in [0.5, 0.6) is 0 Å². The lowest BCUT2D eigenvalue weighted by molar-refractivity contribution is -0.384. The van der Waals surface area contributed by atoms with Crippen LogP contribution in [0.15, 0.2) is 29.6 Å². The van der Waals surface area contributed by atoms with Crippen LogP contribution >= 0.6 is 0 Å². The first-order valence-electron chi connectivity index (χ1n) is 3.20. The molecule has 0 atom stereocenters. The number of anilines is 1. The molecule has 0 spiro atoms. The number of rotatable bonds is 3. The van der Waals surface area contributed by atoms with Crippen molar-refractivity contribution in [3.8, 4) is 0 Å². The van der Waals surface area contributed by atoms with Crippen LogP contribution in [0.25, 0.3) is 0 Å². The van der Waals surface area contributed by atoms with Gasteiger partial charge < -0.3 is 0 Å². The van der Waals surface area contributed by atoms with E-state index in [9.17, 15) is 20.2 Å². The summed E-state index contributed by atoms with van der Waals surface area (Å²) >= 11 is 0. The largest absolute Gasteiger partial charge is 0.269 e. The Kier molecular flexibility index (Phi) is 2.50. The van der Waals surface area contributed by atoms with Crippen LogP contribution in [0.1, 0.15) is 0 Å². The Labute approximate surface area is 72.3 Å². The lowest BCUT2D eigenvalue weighted by Gasteiger charge is -2.01. The van der Waals surface area contributed by atoms with Gasteiger partial charge in [0.1, 0.15) is 0 Å². The smallest absolute Gasteiger partial charge is 0.258 e. The molecule has 0 heterocycles. The van der Waals surface area contributed by atoms with E-state index in [1.807, 2.05) is 0 Å². The third kappa shape index (κ3) is 1.97. The standard InChI is InChI=1S/C6H4N3O4/c10-7-8(11)5-1-3-6(4-2-5)9(12)13/h1-4H. The van der Waals surface area contributed by atoms with E-state index in [2.05, 4.69) is 5.29 Å². The predicted molar refractivity (Wildman–Crippen MR) is 42.1 cm³/mol. The van der Waals surface area contributed by atoms with E-state index in [-0.39, 0.29) is 16.5 Å². The third-order valence-electron chi connectivity index (χ3n) is 1.36. The van der Waals surface area contributed by atoms with Crippen molar-refractivity contribution < 1.29 is 10.1 Å². The summed E-state index contributed by atoms with van der Waals surface area (Å²) in [5.74, 6) is 0. The first kappa shape index (κ1) is 9.07. The van der Waals surface area contributed by atoms with Crippen LogP contribution in [0.4, 0.5) is 11.4 Å².